The van der Waals surface area contributed by atoms with Crippen LogP contribution >= 0.6 is 15.9 Å². The predicted octanol–water partition coefficient (Wildman–Crippen LogP) is 4.70. The van der Waals surface area contributed by atoms with Gasteiger partial charge in [0.05, 0.1) is 23.4 Å². The average molecular weight is 340 g/mol. The number of nitrogens with zero attached hydrogens (tertiary/aromatic N) is 3. The normalized spacial score (nSPS) is 12.3. The zero-order valence-electron chi connectivity index (χ0n) is 11.8. The zero-order valence-corrected chi connectivity index (χ0v) is 13.4. The maximum Gasteiger partial charge on any atom is 0.140 e. The molecule has 0 aliphatic carbocycles. The molecule has 0 fully saturated rings. The molecule has 0 saturated heterocycles. The van der Waals surface area contributed by atoms with Crippen LogP contribution in [0, 0.1) is 18.3 Å². The number of benzene rings is 1. The Morgan fingerprint density at radius 1 is 1.24 bits per heavy atom. The van der Waals surface area contributed by atoms with Crippen molar-refractivity contribution in [3.63, 3.8) is 0 Å². The van der Waals surface area contributed by atoms with Gasteiger partial charge in [-0.3, -0.25) is 0 Å². The summed E-state index contributed by atoms with van der Waals surface area (Å²) in [5, 5.41) is 9.35. The second-order valence-corrected chi connectivity index (χ2v) is 6.00. The molecule has 0 saturated carbocycles. The van der Waals surface area contributed by atoms with E-state index in [1.807, 2.05) is 60.8 Å². The molecule has 1 unspecified atom stereocenters. The molecule has 4 heteroatoms. The highest BCUT2D eigenvalue weighted by Gasteiger charge is 2.19. The second-order valence-electron chi connectivity index (χ2n) is 5.09. The maximum atomic E-state index is 9.35. The van der Waals surface area contributed by atoms with E-state index in [1.54, 1.807) is 0 Å². The number of pyridine rings is 1. The van der Waals surface area contributed by atoms with Crippen molar-refractivity contribution in [1.29, 1.82) is 5.26 Å². The van der Waals surface area contributed by atoms with Crippen molar-refractivity contribution in [3.8, 4) is 17.3 Å². The fourth-order valence-electron chi connectivity index (χ4n) is 2.52. The van der Waals surface area contributed by atoms with Crippen molar-refractivity contribution >= 4 is 21.6 Å². The fourth-order valence-corrected chi connectivity index (χ4v) is 2.78. The molecule has 21 heavy (non-hydrogen) atoms. The molecule has 3 nitrogen and oxygen atoms in total. The highest BCUT2D eigenvalue weighted by Crippen LogP contribution is 2.31. The first-order chi connectivity index (χ1) is 10.1. The number of imidazole rings is 1. The molecule has 0 aliphatic heterocycles. The molecule has 0 aliphatic rings. The molecule has 3 rings (SSSR count). The first-order valence-electron chi connectivity index (χ1n) is 6.75. The molecule has 104 valence electrons. The van der Waals surface area contributed by atoms with Gasteiger partial charge in [-0.1, -0.05) is 34.1 Å². The summed E-state index contributed by atoms with van der Waals surface area (Å²) in [5.74, 6) is -0.222. The Morgan fingerprint density at radius 3 is 2.62 bits per heavy atom. The quantitative estimate of drug-likeness (QED) is 0.678. The number of aromatic nitrogens is 2. The monoisotopic (exact) mass is 339 g/mol. The van der Waals surface area contributed by atoms with Gasteiger partial charge in [0.1, 0.15) is 5.65 Å². The van der Waals surface area contributed by atoms with Gasteiger partial charge < -0.3 is 4.40 Å². The van der Waals surface area contributed by atoms with Crippen molar-refractivity contribution in [3.05, 3.63) is 58.3 Å². The molecule has 1 aromatic carbocycles. The lowest BCUT2D eigenvalue weighted by atomic mass is 10.0. The third kappa shape index (κ3) is 2.34. The highest BCUT2D eigenvalue weighted by atomic mass is 79.9. The van der Waals surface area contributed by atoms with Gasteiger partial charge >= 0.3 is 0 Å². The van der Waals surface area contributed by atoms with Crippen LogP contribution in [0.25, 0.3) is 16.9 Å². The fraction of sp³-hybridized carbons (Fsp3) is 0.176. The van der Waals surface area contributed by atoms with E-state index in [4.69, 9.17) is 4.98 Å². The van der Waals surface area contributed by atoms with Crippen LogP contribution in [0.5, 0.6) is 0 Å². The van der Waals surface area contributed by atoms with Crippen LogP contribution in [0.15, 0.2) is 47.1 Å². The molecule has 2 heterocycles. The van der Waals surface area contributed by atoms with Gasteiger partial charge in [-0.2, -0.15) is 5.26 Å². The summed E-state index contributed by atoms with van der Waals surface area (Å²) in [6, 6.07) is 14.4. The van der Waals surface area contributed by atoms with Crippen LogP contribution in [0.3, 0.4) is 0 Å². The van der Waals surface area contributed by atoms with Crippen molar-refractivity contribution in [2.24, 2.45) is 0 Å². The van der Waals surface area contributed by atoms with E-state index in [0.29, 0.717) is 0 Å². The predicted molar refractivity (Wildman–Crippen MR) is 87.1 cm³/mol. The first kappa shape index (κ1) is 13.8. The standard InChI is InChI=1S/C17H14BrN3/c1-11-4-3-9-21-16(12(2)10-19)15(20-17(11)21)13-5-7-14(18)8-6-13/h3-9,12H,1-2H3. The summed E-state index contributed by atoms with van der Waals surface area (Å²) in [6.07, 6.45) is 1.97. The molecule has 2 aromatic heterocycles. The van der Waals surface area contributed by atoms with Crippen LogP contribution in [-0.4, -0.2) is 9.38 Å². The summed E-state index contributed by atoms with van der Waals surface area (Å²) in [6.45, 7) is 3.95. The minimum Gasteiger partial charge on any atom is -0.302 e. The highest BCUT2D eigenvalue weighted by molar-refractivity contribution is 9.10. The topological polar surface area (TPSA) is 41.1 Å². The van der Waals surface area contributed by atoms with Crippen molar-refractivity contribution in [2.75, 3.05) is 0 Å². The Kier molecular flexibility index (Phi) is 3.52. The summed E-state index contributed by atoms with van der Waals surface area (Å²) in [4.78, 5) is 4.78. The molecule has 3 aromatic rings. The van der Waals surface area contributed by atoms with Crippen LogP contribution < -0.4 is 0 Å². The van der Waals surface area contributed by atoms with Crippen LogP contribution in [-0.2, 0) is 0 Å². The van der Waals surface area contributed by atoms with Gasteiger partial charge in [-0.25, -0.2) is 4.98 Å². The van der Waals surface area contributed by atoms with Crippen molar-refractivity contribution in [1.82, 2.24) is 9.38 Å². The van der Waals surface area contributed by atoms with Crippen molar-refractivity contribution < 1.29 is 0 Å². The number of hydrogen-bond donors (Lipinski definition) is 0. The summed E-state index contributed by atoms with van der Waals surface area (Å²) >= 11 is 3.45. The SMILES string of the molecule is Cc1cccn2c(C(C)C#N)c(-c3ccc(Br)cc3)nc12. The number of rotatable bonds is 2. The Morgan fingerprint density at radius 2 is 1.95 bits per heavy atom. The molecule has 0 spiro atoms. The Bertz CT molecular complexity index is 841. The molecule has 1 atom stereocenters. The molecular formula is C17H14BrN3. The number of halogens is 1. The van der Waals surface area contributed by atoms with Crippen LogP contribution in [0.1, 0.15) is 24.1 Å². The van der Waals surface area contributed by atoms with E-state index < -0.39 is 0 Å². The number of fused-ring (bicyclic) bond motifs is 1. The largest absolute Gasteiger partial charge is 0.302 e. The molecule has 0 N–H and O–H groups in total. The van der Waals surface area contributed by atoms with Crippen LogP contribution in [0.2, 0.25) is 0 Å². The number of nitriles is 1. The number of hydrogen-bond acceptors (Lipinski definition) is 2. The molecule has 0 bridgehead atoms. The number of aryl methyl sites for hydroxylation is 1. The minimum atomic E-state index is -0.222. The van der Waals surface area contributed by atoms with E-state index in [9.17, 15) is 5.26 Å². The maximum absolute atomic E-state index is 9.35. The third-order valence-corrected chi connectivity index (χ3v) is 4.13. The van der Waals surface area contributed by atoms with Gasteiger partial charge in [-0.15, -0.1) is 0 Å². The van der Waals surface area contributed by atoms with Gasteiger partial charge in [-0.05, 0) is 37.6 Å². The van der Waals surface area contributed by atoms with Gasteiger partial charge in [0, 0.05) is 16.2 Å². The first-order valence-corrected chi connectivity index (χ1v) is 7.54. The van der Waals surface area contributed by atoms with Crippen LogP contribution in [0.4, 0.5) is 0 Å². The minimum absolute atomic E-state index is 0.222. The van der Waals surface area contributed by atoms with Gasteiger partial charge in [0.25, 0.3) is 0 Å². The van der Waals surface area contributed by atoms with E-state index in [-0.39, 0.29) is 5.92 Å². The van der Waals surface area contributed by atoms with E-state index >= 15 is 0 Å². The third-order valence-electron chi connectivity index (χ3n) is 3.60. The lowest BCUT2D eigenvalue weighted by Gasteiger charge is -2.07. The summed E-state index contributed by atoms with van der Waals surface area (Å²) in [7, 11) is 0. The zero-order chi connectivity index (χ0) is 15.0. The Hall–Kier alpha value is -2.12. The molecular weight excluding hydrogens is 326 g/mol. The van der Waals surface area contributed by atoms with E-state index in [0.717, 1.165) is 32.6 Å². The molecule has 0 amide bonds. The van der Waals surface area contributed by atoms with E-state index in [1.165, 1.54) is 0 Å². The Balaban J connectivity index is 2.34. The lowest BCUT2D eigenvalue weighted by molar-refractivity contribution is 0.898. The average Bonchev–Trinajstić information content (AvgIpc) is 2.88. The van der Waals surface area contributed by atoms with Crippen molar-refractivity contribution in [2.45, 2.75) is 19.8 Å². The Labute approximate surface area is 132 Å². The second kappa shape index (κ2) is 5.34. The summed E-state index contributed by atoms with van der Waals surface area (Å²) in [5.41, 5.74) is 4.86. The smallest absolute Gasteiger partial charge is 0.140 e. The lowest BCUT2D eigenvalue weighted by Crippen LogP contribution is -1.98. The van der Waals surface area contributed by atoms with Gasteiger partial charge in [0.2, 0.25) is 0 Å². The van der Waals surface area contributed by atoms with E-state index in [2.05, 4.69) is 22.0 Å². The molecule has 0 radical (unpaired) electrons. The summed E-state index contributed by atoms with van der Waals surface area (Å²) < 4.78 is 3.06. The van der Waals surface area contributed by atoms with Gasteiger partial charge in [0.15, 0.2) is 0 Å².